The number of rotatable bonds is 3. The Hall–Kier alpha value is -1.58. The number of benzene rings is 2. The third kappa shape index (κ3) is 3.20. The molecule has 1 aliphatic rings. The van der Waals surface area contributed by atoms with Crippen molar-refractivity contribution in [1.82, 2.24) is 5.32 Å². The molecule has 1 fully saturated rings. The van der Waals surface area contributed by atoms with Crippen molar-refractivity contribution in [2.45, 2.75) is 24.8 Å². The molecule has 1 saturated heterocycles. The molecule has 112 valence electrons. The SMILES string of the molecule is COC(=O)[C@H](c1ccc2ccccc2c1)[C@@H]1CCCN1.Cl. The zero-order valence-electron chi connectivity index (χ0n) is 12.0. The second kappa shape index (κ2) is 6.92. The number of hydrogen-bond acceptors (Lipinski definition) is 3. The second-order valence-electron chi connectivity index (χ2n) is 5.31. The number of methoxy groups -OCH3 is 1. The molecular weight excluding hydrogens is 286 g/mol. The maximum Gasteiger partial charge on any atom is 0.314 e. The minimum atomic E-state index is -0.216. The summed E-state index contributed by atoms with van der Waals surface area (Å²) < 4.78 is 5.01. The average Bonchev–Trinajstić information content (AvgIpc) is 3.01. The van der Waals surface area contributed by atoms with E-state index in [1.54, 1.807) is 0 Å². The predicted molar refractivity (Wildman–Crippen MR) is 87.0 cm³/mol. The summed E-state index contributed by atoms with van der Waals surface area (Å²) in [5, 5.41) is 5.78. The normalized spacial score (nSPS) is 19.0. The van der Waals surface area contributed by atoms with Gasteiger partial charge in [-0.05, 0) is 35.7 Å². The molecule has 1 N–H and O–H groups in total. The van der Waals surface area contributed by atoms with Gasteiger partial charge in [0.25, 0.3) is 0 Å². The summed E-state index contributed by atoms with van der Waals surface area (Å²) >= 11 is 0. The van der Waals surface area contributed by atoms with Gasteiger partial charge >= 0.3 is 5.97 Å². The fourth-order valence-electron chi connectivity index (χ4n) is 3.06. The molecule has 0 saturated carbocycles. The lowest BCUT2D eigenvalue weighted by Crippen LogP contribution is -2.34. The van der Waals surface area contributed by atoms with Gasteiger partial charge in [0.05, 0.1) is 13.0 Å². The molecule has 1 heterocycles. The number of nitrogens with one attached hydrogen (secondary N) is 1. The molecule has 2 atom stereocenters. The summed E-state index contributed by atoms with van der Waals surface area (Å²) in [6.45, 7) is 0.978. The van der Waals surface area contributed by atoms with Gasteiger partial charge in [0, 0.05) is 6.04 Å². The van der Waals surface area contributed by atoms with Crippen LogP contribution in [0.4, 0.5) is 0 Å². The second-order valence-corrected chi connectivity index (χ2v) is 5.31. The van der Waals surface area contributed by atoms with Gasteiger partial charge in [-0.1, -0.05) is 42.5 Å². The Kier molecular flexibility index (Phi) is 5.21. The maximum absolute atomic E-state index is 12.2. The molecule has 4 heteroatoms. The summed E-state index contributed by atoms with van der Waals surface area (Å²) in [4.78, 5) is 12.2. The van der Waals surface area contributed by atoms with Crippen LogP contribution >= 0.6 is 12.4 Å². The summed E-state index contributed by atoms with van der Waals surface area (Å²) in [5.74, 6) is -0.369. The molecule has 3 nitrogen and oxygen atoms in total. The van der Waals surface area contributed by atoms with E-state index < -0.39 is 0 Å². The molecule has 0 radical (unpaired) electrons. The molecule has 0 aromatic heterocycles. The van der Waals surface area contributed by atoms with Crippen LogP contribution in [0.15, 0.2) is 42.5 Å². The Morgan fingerprint density at radius 2 is 2.00 bits per heavy atom. The highest BCUT2D eigenvalue weighted by Crippen LogP contribution is 2.29. The van der Waals surface area contributed by atoms with Crippen molar-refractivity contribution in [3.05, 3.63) is 48.0 Å². The first-order chi connectivity index (χ1) is 9.79. The topological polar surface area (TPSA) is 38.3 Å². The maximum atomic E-state index is 12.2. The highest BCUT2D eigenvalue weighted by molar-refractivity contribution is 5.86. The molecule has 0 aliphatic carbocycles. The molecule has 1 aliphatic heterocycles. The average molecular weight is 306 g/mol. The van der Waals surface area contributed by atoms with E-state index >= 15 is 0 Å². The molecule has 2 aromatic rings. The van der Waals surface area contributed by atoms with E-state index in [-0.39, 0.29) is 30.3 Å². The number of carbonyl (C=O) groups excluding carboxylic acids is 1. The lowest BCUT2D eigenvalue weighted by atomic mass is 9.89. The van der Waals surface area contributed by atoms with Gasteiger partial charge in [-0.2, -0.15) is 0 Å². The Balaban J connectivity index is 0.00000161. The number of fused-ring (bicyclic) bond motifs is 1. The van der Waals surface area contributed by atoms with Crippen LogP contribution in [0.25, 0.3) is 10.8 Å². The van der Waals surface area contributed by atoms with Crippen LogP contribution in [0.1, 0.15) is 24.3 Å². The number of carbonyl (C=O) groups is 1. The van der Waals surface area contributed by atoms with Gasteiger partial charge < -0.3 is 10.1 Å². The third-order valence-electron chi connectivity index (χ3n) is 4.09. The van der Waals surface area contributed by atoms with E-state index in [9.17, 15) is 4.79 Å². The molecule has 0 spiro atoms. The smallest absolute Gasteiger partial charge is 0.314 e. The standard InChI is InChI=1S/C17H19NO2.ClH/c1-20-17(19)16(15-7-4-10-18-15)14-9-8-12-5-2-3-6-13(12)11-14;/h2-3,5-6,8-9,11,15-16,18H,4,7,10H2,1H3;1H/t15-,16+;/m0./s1. The van der Waals surface area contributed by atoms with E-state index in [4.69, 9.17) is 4.74 Å². The van der Waals surface area contributed by atoms with E-state index in [1.165, 1.54) is 12.5 Å². The van der Waals surface area contributed by atoms with Crippen molar-refractivity contribution >= 4 is 29.1 Å². The highest BCUT2D eigenvalue weighted by Gasteiger charge is 2.32. The van der Waals surface area contributed by atoms with Gasteiger partial charge in [-0.15, -0.1) is 12.4 Å². The highest BCUT2D eigenvalue weighted by atomic mass is 35.5. The molecule has 0 bridgehead atoms. The van der Waals surface area contributed by atoms with Gasteiger partial charge in [-0.25, -0.2) is 0 Å². The minimum absolute atomic E-state index is 0. The van der Waals surface area contributed by atoms with E-state index in [2.05, 4.69) is 29.6 Å². The lowest BCUT2D eigenvalue weighted by molar-refractivity contribution is -0.143. The Morgan fingerprint density at radius 3 is 2.67 bits per heavy atom. The quantitative estimate of drug-likeness (QED) is 0.885. The first-order valence-corrected chi connectivity index (χ1v) is 7.09. The van der Waals surface area contributed by atoms with E-state index in [0.717, 1.165) is 30.3 Å². The van der Waals surface area contributed by atoms with Crippen LogP contribution in [0.3, 0.4) is 0 Å². The zero-order valence-corrected chi connectivity index (χ0v) is 12.9. The van der Waals surface area contributed by atoms with Crippen molar-refractivity contribution in [2.24, 2.45) is 0 Å². The molecule has 3 rings (SSSR count). The summed E-state index contributed by atoms with van der Waals surface area (Å²) in [6.07, 6.45) is 2.14. The van der Waals surface area contributed by atoms with Crippen LogP contribution in [0.2, 0.25) is 0 Å². The van der Waals surface area contributed by atoms with E-state index in [1.807, 2.05) is 18.2 Å². The summed E-state index contributed by atoms with van der Waals surface area (Å²) in [6, 6.07) is 14.6. The van der Waals surface area contributed by atoms with Crippen molar-refractivity contribution in [3.63, 3.8) is 0 Å². The van der Waals surface area contributed by atoms with Crippen LogP contribution in [-0.4, -0.2) is 25.7 Å². The summed E-state index contributed by atoms with van der Waals surface area (Å²) in [5.41, 5.74) is 1.04. The third-order valence-corrected chi connectivity index (χ3v) is 4.09. The monoisotopic (exact) mass is 305 g/mol. The van der Waals surface area contributed by atoms with Crippen LogP contribution in [0, 0.1) is 0 Å². The number of hydrogen-bond donors (Lipinski definition) is 1. The molecule has 21 heavy (non-hydrogen) atoms. The van der Waals surface area contributed by atoms with Gasteiger partial charge in [0.2, 0.25) is 0 Å². The largest absolute Gasteiger partial charge is 0.469 e. The van der Waals surface area contributed by atoms with Crippen molar-refractivity contribution < 1.29 is 9.53 Å². The van der Waals surface area contributed by atoms with Crippen molar-refractivity contribution in [3.8, 4) is 0 Å². The van der Waals surface area contributed by atoms with Gasteiger partial charge in [0.1, 0.15) is 0 Å². The van der Waals surface area contributed by atoms with E-state index in [0.29, 0.717) is 0 Å². The van der Waals surface area contributed by atoms with Crippen molar-refractivity contribution in [1.29, 1.82) is 0 Å². The number of esters is 1. The Bertz CT molecular complexity index is 623. The molecule has 0 amide bonds. The Labute approximate surface area is 131 Å². The zero-order chi connectivity index (χ0) is 13.9. The lowest BCUT2D eigenvalue weighted by Gasteiger charge is -2.22. The first kappa shape index (κ1) is 15.8. The molecular formula is C17H20ClNO2. The number of halogens is 1. The van der Waals surface area contributed by atoms with Gasteiger partial charge in [0.15, 0.2) is 0 Å². The van der Waals surface area contributed by atoms with Crippen LogP contribution in [-0.2, 0) is 9.53 Å². The van der Waals surface area contributed by atoms with Gasteiger partial charge in [-0.3, -0.25) is 4.79 Å². The fraction of sp³-hybridized carbons (Fsp3) is 0.353. The van der Waals surface area contributed by atoms with Crippen molar-refractivity contribution in [2.75, 3.05) is 13.7 Å². The summed E-state index contributed by atoms with van der Waals surface area (Å²) in [7, 11) is 1.46. The fourth-order valence-corrected chi connectivity index (χ4v) is 3.06. The first-order valence-electron chi connectivity index (χ1n) is 7.09. The minimum Gasteiger partial charge on any atom is -0.469 e. The van der Waals surface area contributed by atoms with Crippen LogP contribution < -0.4 is 5.32 Å². The number of ether oxygens (including phenoxy) is 1. The Morgan fingerprint density at radius 1 is 1.24 bits per heavy atom. The molecule has 0 unspecified atom stereocenters. The van der Waals surface area contributed by atoms with Crippen LogP contribution in [0.5, 0.6) is 0 Å². The molecule has 2 aromatic carbocycles. The predicted octanol–water partition coefficient (Wildman–Crippen LogP) is 3.27.